The molecule has 0 radical (unpaired) electrons. The Morgan fingerprint density at radius 3 is 2.27 bits per heavy atom. The highest BCUT2D eigenvalue weighted by atomic mass is 35.5. The van der Waals surface area contributed by atoms with Gasteiger partial charge in [-0.2, -0.15) is 0 Å². The number of pyridine rings is 1. The predicted octanol–water partition coefficient (Wildman–Crippen LogP) is 0.423. The van der Waals surface area contributed by atoms with Gasteiger partial charge in [0, 0.05) is 57.3 Å². The number of carbonyl (C=O) groups excluding carboxylic acids is 1. The number of halogens is 2. The summed E-state index contributed by atoms with van der Waals surface area (Å²) in [5.41, 5.74) is 4.82. The van der Waals surface area contributed by atoms with Gasteiger partial charge in [-0.3, -0.25) is 9.78 Å². The van der Waals surface area contributed by atoms with Crippen LogP contribution in [-0.2, 0) is 14.3 Å². The number of carbonyl (C=O) groups is 3. The maximum atomic E-state index is 15.4. The molecule has 0 bridgehead atoms. The van der Waals surface area contributed by atoms with Gasteiger partial charge in [0.1, 0.15) is 5.67 Å². The van der Waals surface area contributed by atoms with E-state index in [2.05, 4.69) is 15.2 Å². The number of carboxylic acids is 2. The van der Waals surface area contributed by atoms with Crippen LogP contribution in [0, 0.1) is 0 Å². The zero-order valence-electron chi connectivity index (χ0n) is 22.1. The number of anilines is 1. The molecule has 2 fully saturated rings. The van der Waals surface area contributed by atoms with Gasteiger partial charge in [0.15, 0.2) is 12.2 Å². The number of aromatic nitrogens is 1. The number of β-amino-alcohol motifs (C(OH)–C–C–N with tert-alkyl or cyclic N) is 1. The second-order valence-electron chi connectivity index (χ2n) is 10.2. The van der Waals surface area contributed by atoms with E-state index < -0.39 is 41.3 Å². The molecular weight excluding hydrogens is 567 g/mol. The van der Waals surface area contributed by atoms with Gasteiger partial charge in [-0.05, 0) is 31.0 Å². The third kappa shape index (κ3) is 8.44. The number of nitrogens with two attached hydrogens (primary N) is 1. The number of amides is 1. The Morgan fingerprint density at radius 2 is 1.71 bits per heavy atom. The zero-order valence-corrected chi connectivity index (χ0v) is 22.9. The molecule has 3 heterocycles. The number of nitrogen functional groups attached to an aromatic ring is 1. The van der Waals surface area contributed by atoms with E-state index in [0.29, 0.717) is 75.1 Å². The second-order valence-corrected chi connectivity index (χ2v) is 10.6. The second kappa shape index (κ2) is 13.7. The molecule has 13 nitrogen and oxygen atoms in total. The molecule has 0 aliphatic carbocycles. The van der Waals surface area contributed by atoms with E-state index in [1.807, 2.05) is 0 Å². The maximum absolute atomic E-state index is 15.4. The van der Waals surface area contributed by atoms with E-state index in [0.717, 1.165) is 0 Å². The Bertz CT molecular complexity index is 1230. The van der Waals surface area contributed by atoms with Crippen LogP contribution < -0.4 is 11.1 Å². The summed E-state index contributed by atoms with van der Waals surface area (Å²) in [6, 6.07) is 4.95. The van der Waals surface area contributed by atoms with Crippen LogP contribution in [0.2, 0.25) is 5.02 Å². The Kier molecular flexibility index (Phi) is 10.8. The molecule has 2 saturated heterocycles. The smallest absolute Gasteiger partial charge is 0.335 e. The van der Waals surface area contributed by atoms with E-state index in [1.165, 1.54) is 6.07 Å². The normalized spacial score (nSPS) is 19.8. The lowest BCUT2D eigenvalue weighted by atomic mass is 9.89. The average Bonchev–Trinajstić information content (AvgIpc) is 2.95. The highest BCUT2D eigenvalue weighted by Gasteiger charge is 2.38. The molecule has 2 aromatic rings. The Balaban J connectivity index is 0.000000397. The number of carboxylic acid groups (broad SMARTS) is 2. The van der Waals surface area contributed by atoms with E-state index in [1.54, 1.807) is 18.3 Å². The minimum atomic E-state index is -2.27. The quantitative estimate of drug-likeness (QED) is 0.205. The number of ether oxygens (including phenoxy) is 1. The van der Waals surface area contributed by atoms with Crippen molar-refractivity contribution < 1.29 is 49.0 Å². The number of fused-ring (bicyclic) bond motifs is 1. The van der Waals surface area contributed by atoms with Crippen LogP contribution in [0.15, 0.2) is 24.4 Å². The molecule has 41 heavy (non-hydrogen) atoms. The van der Waals surface area contributed by atoms with Gasteiger partial charge in [0.25, 0.3) is 5.91 Å². The van der Waals surface area contributed by atoms with Crippen molar-refractivity contribution in [1.29, 1.82) is 0 Å². The lowest BCUT2D eigenvalue weighted by molar-refractivity contribution is -0.165. The van der Waals surface area contributed by atoms with E-state index in [9.17, 15) is 19.5 Å². The van der Waals surface area contributed by atoms with E-state index in [-0.39, 0.29) is 17.1 Å². The number of likely N-dealkylation sites (tertiary alicyclic amines) is 1. The van der Waals surface area contributed by atoms with Gasteiger partial charge in [0.05, 0.1) is 33.9 Å². The third-order valence-corrected chi connectivity index (χ3v) is 7.50. The van der Waals surface area contributed by atoms with Crippen LogP contribution in [0.4, 0.5) is 10.1 Å². The molecule has 15 heteroatoms. The number of hydrogen-bond donors (Lipinski definition) is 7. The van der Waals surface area contributed by atoms with Gasteiger partial charge in [-0.1, -0.05) is 11.6 Å². The first-order valence-electron chi connectivity index (χ1n) is 12.9. The van der Waals surface area contributed by atoms with Crippen molar-refractivity contribution in [1.82, 2.24) is 15.2 Å². The van der Waals surface area contributed by atoms with Crippen molar-refractivity contribution in [3.05, 3.63) is 35.0 Å². The van der Waals surface area contributed by atoms with Crippen LogP contribution in [-0.4, -0.2) is 116 Å². The van der Waals surface area contributed by atoms with E-state index in [4.69, 9.17) is 42.5 Å². The number of aliphatic carboxylic acids is 2. The molecule has 4 rings (SSSR count). The van der Waals surface area contributed by atoms with Gasteiger partial charge >= 0.3 is 11.9 Å². The first-order chi connectivity index (χ1) is 19.3. The van der Waals surface area contributed by atoms with Crippen LogP contribution in [0.3, 0.4) is 0 Å². The summed E-state index contributed by atoms with van der Waals surface area (Å²) in [5, 5.41) is 46.8. The SMILES string of the molecule is Nc1c(Cl)cc(C(=O)NCC2(F)CCN(CC3(O)CCOCC3)CC2)c2ncccc12.O=C(O)[C@H](O)[C@@H](O)C(=O)O. The van der Waals surface area contributed by atoms with Crippen LogP contribution in [0.25, 0.3) is 10.9 Å². The van der Waals surface area contributed by atoms with E-state index >= 15 is 4.39 Å². The molecule has 8 N–H and O–H groups in total. The number of benzene rings is 1. The van der Waals surface area contributed by atoms with Crippen molar-refractivity contribution in [3.63, 3.8) is 0 Å². The molecule has 0 unspecified atom stereocenters. The number of alkyl halides is 1. The monoisotopic (exact) mass is 600 g/mol. The fourth-order valence-corrected chi connectivity index (χ4v) is 4.84. The number of aliphatic hydroxyl groups is 3. The molecule has 1 aromatic heterocycles. The fourth-order valence-electron chi connectivity index (χ4n) is 4.63. The third-order valence-electron chi connectivity index (χ3n) is 7.19. The minimum absolute atomic E-state index is 0.0892. The molecule has 0 spiro atoms. The van der Waals surface area contributed by atoms with Gasteiger partial charge in [-0.25, -0.2) is 14.0 Å². The van der Waals surface area contributed by atoms with Crippen molar-refractivity contribution in [2.24, 2.45) is 0 Å². The lowest BCUT2D eigenvalue weighted by Crippen LogP contribution is -2.53. The molecule has 1 aromatic carbocycles. The number of nitrogens with one attached hydrogen (secondary N) is 1. The number of nitrogens with zero attached hydrogens (tertiary/aromatic N) is 2. The molecule has 0 saturated carbocycles. The molecule has 1 amide bonds. The average molecular weight is 601 g/mol. The highest BCUT2D eigenvalue weighted by Crippen LogP contribution is 2.32. The maximum Gasteiger partial charge on any atom is 0.335 e. The summed E-state index contributed by atoms with van der Waals surface area (Å²) in [6.07, 6.45) is -1.16. The van der Waals surface area contributed by atoms with Crippen molar-refractivity contribution >= 4 is 46.0 Å². The van der Waals surface area contributed by atoms with Gasteiger partial charge < -0.3 is 46.2 Å². The topological polar surface area (TPSA) is 216 Å². The summed E-state index contributed by atoms with van der Waals surface area (Å²) >= 11 is 6.18. The van der Waals surface area contributed by atoms with Crippen LogP contribution in [0.5, 0.6) is 0 Å². The van der Waals surface area contributed by atoms with Crippen LogP contribution >= 0.6 is 11.6 Å². The first-order valence-corrected chi connectivity index (χ1v) is 13.3. The summed E-state index contributed by atoms with van der Waals surface area (Å²) in [6.45, 7) is 2.63. The number of rotatable bonds is 8. The summed E-state index contributed by atoms with van der Waals surface area (Å²) in [4.78, 5) is 38.7. The molecule has 2 aliphatic heterocycles. The summed E-state index contributed by atoms with van der Waals surface area (Å²) < 4.78 is 20.7. The van der Waals surface area contributed by atoms with Gasteiger partial charge in [-0.15, -0.1) is 0 Å². The number of hydrogen-bond acceptors (Lipinski definition) is 10. The summed E-state index contributed by atoms with van der Waals surface area (Å²) in [5.74, 6) is -3.97. The largest absolute Gasteiger partial charge is 0.479 e. The van der Waals surface area contributed by atoms with Gasteiger partial charge in [0.2, 0.25) is 0 Å². The minimum Gasteiger partial charge on any atom is -0.479 e. The number of piperidine rings is 1. The molecule has 2 atom stereocenters. The Hall–Kier alpha value is -3.14. The summed E-state index contributed by atoms with van der Waals surface area (Å²) in [7, 11) is 0. The van der Waals surface area contributed by atoms with Crippen molar-refractivity contribution in [2.75, 3.05) is 45.1 Å². The standard InChI is InChI=1S/C22H28ClFN4O3.C4H6O6/c23-17-12-16(19-15(18(17)25)2-1-7-26-19)20(29)27-13-21(24)3-8-28(9-4-21)14-22(30)5-10-31-11-6-22;5-1(3(7)8)2(6)4(9)10/h1-2,7,12,30H,3-6,8-11,13-14,25H2,(H,27,29);1-2,5-6H,(H,7,8)(H,9,10)/t;1-,2-/m.1/s1. The lowest BCUT2D eigenvalue weighted by Gasteiger charge is -2.41. The molecule has 226 valence electrons. The predicted molar refractivity (Wildman–Crippen MR) is 145 cm³/mol. The first kappa shape index (κ1) is 32.4. The van der Waals surface area contributed by atoms with Crippen LogP contribution in [0.1, 0.15) is 36.0 Å². The fraction of sp³-hybridized carbons (Fsp3) is 0.538. The Morgan fingerprint density at radius 1 is 1.12 bits per heavy atom. The Labute approximate surface area is 239 Å². The molecule has 2 aliphatic rings. The zero-order chi connectivity index (χ0) is 30.4. The number of aliphatic hydroxyl groups excluding tert-OH is 2. The van der Waals surface area contributed by atoms with Crippen molar-refractivity contribution in [3.8, 4) is 0 Å². The highest BCUT2D eigenvalue weighted by molar-refractivity contribution is 6.35. The van der Waals surface area contributed by atoms with Crippen molar-refractivity contribution in [2.45, 2.75) is 49.2 Å². The molecular formula is C26H34ClFN4O9.